The first-order valence-corrected chi connectivity index (χ1v) is 11.7. The molecule has 1 fully saturated rings. The minimum atomic E-state index is -3.07. The van der Waals surface area contributed by atoms with Gasteiger partial charge in [-0.15, -0.1) is 24.0 Å². The van der Waals surface area contributed by atoms with E-state index in [1.54, 1.807) is 4.31 Å². The summed E-state index contributed by atoms with van der Waals surface area (Å²) in [5.74, 6) is 1.63. The minimum Gasteiger partial charge on any atom is -0.357 e. The predicted octanol–water partition coefficient (Wildman–Crippen LogP) is 3.02. The number of benzene rings is 1. The molecule has 1 aromatic rings. The van der Waals surface area contributed by atoms with Crippen molar-refractivity contribution < 1.29 is 8.42 Å². The molecule has 0 radical (unpaired) electrons. The summed E-state index contributed by atoms with van der Waals surface area (Å²) in [5, 5.41) is 6.85. The van der Waals surface area contributed by atoms with Gasteiger partial charge in [-0.3, -0.25) is 4.99 Å². The number of hydrogen-bond acceptors (Lipinski definition) is 3. The summed E-state index contributed by atoms with van der Waals surface area (Å²) in [5.41, 5.74) is 1.31. The van der Waals surface area contributed by atoms with Crippen molar-refractivity contribution in [3.05, 3.63) is 35.9 Å². The van der Waals surface area contributed by atoms with Crippen molar-refractivity contribution in [1.29, 1.82) is 0 Å². The van der Waals surface area contributed by atoms with Crippen LogP contribution in [-0.2, 0) is 10.0 Å². The zero-order valence-electron chi connectivity index (χ0n) is 17.4. The Morgan fingerprint density at radius 2 is 1.82 bits per heavy atom. The molecule has 8 heteroatoms. The monoisotopic (exact) mass is 522 g/mol. The Kier molecular flexibility index (Phi) is 10.8. The highest BCUT2D eigenvalue weighted by Crippen LogP contribution is 2.20. The first-order valence-electron chi connectivity index (χ1n) is 9.86. The van der Waals surface area contributed by atoms with Gasteiger partial charge in [0.15, 0.2) is 5.96 Å². The lowest BCUT2D eigenvalue weighted by Gasteiger charge is -2.29. The molecule has 0 aromatic heterocycles. The number of piperidine rings is 1. The number of aliphatic imine (C=N–C) groups is 1. The number of rotatable bonds is 7. The van der Waals surface area contributed by atoms with Gasteiger partial charge in [-0.05, 0) is 38.2 Å². The van der Waals surface area contributed by atoms with Gasteiger partial charge in [-0.25, -0.2) is 12.7 Å². The Labute approximate surface area is 187 Å². The summed E-state index contributed by atoms with van der Waals surface area (Å²) in [6.07, 6.45) is 3.02. The topological polar surface area (TPSA) is 73.8 Å². The number of nitrogens with zero attached hydrogens (tertiary/aromatic N) is 2. The molecule has 1 aliphatic heterocycles. The van der Waals surface area contributed by atoms with Gasteiger partial charge in [-0.1, -0.05) is 37.3 Å². The van der Waals surface area contributed by atoms with E-state index in [4.69, 9.17) is 4.99 Å². The molecule has 0 amide bonds. The second-order valence-electron chi connectivity index (χ2n) is 7.46. The maximum absolute atomic E-state index is 11.6. The van der Waals surface area contributed by atoms with Gasteiger partial charge in [0.2, 0.25) is 10.0 Å². The molecular formula is C20H35IN4O2S. The van der Waals surface area contributed by atoms with Crippen LogP contribution < -0.4 is 10.6 Å². The molecule has 160 valence electrons. The van der Waals surface area contributed by atoms with Crippen LogP contribution in [-0.4, -0.2) is 57.2 Å². The van der Waals surface area contributed by atoms with Crippen LogP contribution in [0.1, 0.15) is 45.1 Å². The van der Waals surface area contributed by atoms with Crippen LogP contribution >= 0.6 is 24.0 Å². The van der Waals surface area contributed by atoms with Crippen molar-refractivity contribution in [1.82, 2.24) is 14.9 Å². The van der Waals surface area contributed by atoms with E-state index in [1.807, 2.05) is 6.07 Å². The lowest BCUT2D eigenvalue weighted by atomic mass is 9.94. The van der Waals surface area contributed by atoms with Gasteiger partial charge in [0.25, 0.3) is 0 Å². The van der Waals surface area contributed by atoms with Gasteiger partial charge >= 0.3 is 0 Å². The first-order chi connectivity index (χ1) is 12.8. The first kappa shape index (κ1) is 25.2. The van der Waals surface area contributed by atoms with Crippen LogP contribution in [0, 0.1) is 5.92 Å². The molecular weight excluding hydrogens is 487 g/mol. The number of nitrogens with one attached hydrogen (secondary N) is 2. The van der Waals surface area contributed by atoms with E-state index in [2.05, 4.69) is 55.7 Å². The lowest BCUT2D eigenvalue weighted by molar-refractivity contribution is 0.280. The summed E-state index contributed by atoms with van der Waals surface area (Å²) in [6, 6.07) is 10.7. The van der Waals surface area contributed by atoms with Gasteiger partial charge < -0.3 is 10.6 Å². The average molecular weight is 522 g/mol. The van der Waals surface area contributed by atoms with E-state index in [-0.39, 0.29) is 30.0 Å². The third kappa shape index (κ3) is 7.87. The molecule has 0 bridgehead atoms. The van der Waals surface area contributed by atoms with E-state index in [0.717, 1.165) is 31.9 Å². The maximum atomic E-state index is 11.6. The van der Waals surface area contributed by atoms with Crippen LogP contribution in [0.3, 0.4) is 0 Å². The van der Waals surface area contributed by atoms with Gasteiger partial charge in [0, 0.05) is 38.1 Å². The number of sulfonamides is 1. The molecule has 2 rings (SSSR count). The number of guanidine groups is 1. The largest absolute Gasteiger partial charge is 0.357 e. The molecule has 0 aliphatic carbocycles. The Balaban J connectivity index is 0.00000392. The van der Waals surface area contributed by atoms with Crippen LogP contribution in [0.15, 0.2) is 35.3 Å². The van der Waals surface area contributed by atoms with E-state index in [9.17, 15) is 8.42 Å². The third-order valence-corrected chi connectivity index (χ3v) is 6.64. The van der Waals surface area contributed by atoms with Gasteiger partial charge in [0.05, 0.1) is 6.26 Å². The molecule has 1 aliphatic rings. The van der Waals surface area contributed by atoms with Crippen molar-refractivity contribution in [3.63, 3.8) is 0 Å². The molecule has 0 saturated carbocycles. The normalized spacial score (nSPS) is 18.8. The quantitative estimate of drug-likeness (QED) is 0.328. The Morgan fingerprint density at radius 1 is 1.21 bits per heavy atom. The van der Waals surface area contributed by atoms with Crippen molar-refractivity contribution in [2.75, 3.05) is 32.4 Å². The van der Waals surface area contributed by atoms with Crippen LogP contribution in [0.25, 0.3) is 0 Å². The van der Waals surface area contributed by atoms with Crippen molar-refractivity contribution >= 4 is 40.0 Å². The van der Waals surface area contributed by atoms with Crippen molar-refractivity contribution in [3.8, 4) is 0 Å². The second-order valence-corrected chi connectivity index (χ2v) is 9.44. The Morgan fingerprint density at radius 3 is 2.36 bits per heavy atom. The molecule has 2 N–H and O–H groups in total. The van der Waals surface area contributed by atoms with Gasteiger partial charge in [0.1, 0.15) is 0 Å². The molecule has 0 spiro atoms. The number of halogens is 1. The van der Waals surface area contributed by atoms with Crippen molar-refractivity contribution in [2.24, 2.45) is 10.9 Å². The highest BCUT2D eigenvalue weighted by molar-refractivity contribution is 14.0. The SMILES string of the molecule is CCNC(=NCC1CCN(S(C)(=O)=O)CC1)NC(C)C(C)c1ccccc1.I. The van der Waals surface area contributed by atoms with Crippen LogP contribution in [0.4, 0.5) is 0 Å². The molecule has 1 heterocycles. The average Bonchev–Trinajstić information content (AvgIpc) is 2.66. The maximum Gasteiger partial charge on any atom is 0.211 e. The van der Waals surface area contributed by atoms with E-state index in [0.29, 0.717) is 24.9 Å². The fourth-order valence-electron chi connectivity index (χ4n) is 3.35. The summed E-state index contributed by atoms with van der Waals surface area (Å²) in [6.45, 7) is 9.19. The summed E-state index contributed by atoms with van der Waals surface area (Å²) in [7, 11) is -3.07. The predicted molar refractivity (Wildman–Crippen MR) is 128 cm³/mol. The summed E-state index contributed by atoms with van der Waals surface area (Å²) < 4.78 is 24.8. The molecule has 28 heavy (non-hydrogen) atoms. The van der Waals surface area contributed by atoms with Crippen LogP contribution in [0.2, 0.25) is 0 Å². The highest BCUT2D eigenvalue weighted by Gasteiger charge is 2.24. The molecule has 2 unspecified atom stereocenters. The number of hydrogen-bond donors (Lipinski definition) is 2. The standard InChI is InChI=1S/C20H34N4O2S.HI/c1-5-21-20(23-17(3)16(2)19-9-7-6-8-10-19)22-15-18-11-13-24(14-12-18)27(4,25)26;/h6-10,16-18H,5,11-15H2,1-4H3,(H2,21,22,23);1H. The van der Waals surface area contributed by atoms with E-state index in [1.165, 1.54) is 11.8 Å². The van der Waals surface area contributed by atoms with Gasteiger partial charge in [-0.2, -0.15) is 0 Å². The molecule has 2 atom stereocenters. The Bertz CT molecular complexity index is 704. The zero-order valence-corrected chi connectivity index (χ0v) is 20.5. The molecule has 1 saturated heterocycles. The summed E-state index contributed by atoms with van der Waals surface area (Å²) >= 11 is 0. The smallest absolute Gasteiger partial charge is 0.211 e. The van der Waals surface area contributed by atoms with E-state index < -0.39 is 10.0 Å². The fraction of sp³-hybridized carbons (Fsp3) is 0.650. The fourth-order valence-corrected chi connectivity index (χ4v) is 4.22. The molecule has 1 aromatic carbocycles. The lowest BCUT2D eigenvalue weighted by Crippen LogP contribution is -2.44. The highest BCUT2D eigenvalue weighted by atomic mass is 127. The summed E-state index contributed by atoms with van der Waals surface area (Å²) in [4.78, 5) is 4.77. The minimum absolute atomic E-state index is 0. The van der Waals surface area contributed by atoms with Crippen molar-refractivity contribution in [2.45, 2.75) is 45.6 Å². The molecule has 6 nitrogen and oxygen atoms in total. The zero-order chi connectivity index (χ0) is 19.9. The second kappa shape index (κ2) is 12.0. The Hall–Kier alpha value is -0.870. The third-order valence-electron chi connectivity index (χ3n) is 5.33. The van der Waals surface area contributed by atoms with E-state index >= 15 is 0 Å². The van der Waals surface area contributed by atoms with Crippen LogP contribution in [0.5, 0.6) is 0 Å².